The van der Waals surface area contributed by atoms with Crippen LogP contribution in [0.15, 0.2) is 41.3 Å². The van der Waals surface area contributed by atoms with Crippen molar-refractivity contribution in [1.29, 1.82) is 0 Å². The summed E-state index contributed by atoms with van der Waals surface area (Å²) in [7, 11) is 0. The number of rotatable bonds is 5. The van der Waals surface area contributed by atoms with Crippen LogP contribution in [0.2, 0.25) is 0 Å². The van der Waals surface area contributed by atoms with Crippen molar-refractivity contribution in [3.05, 3.63) is 52.6 Å². The van der Waals surface area contributed by atoms with Crippen LogP contribution in [-0.2, 0) is 0 Å². The van der Waals surface area contributed by atoms with Crippen LogP contribution in [0.1, 0.15) is 10.4 Å². The molecule has 0 saturated heterocycles. The van der Waals surface area contributed by atoms with Gasteiger partial charge in [-0.25, -0.2) is 14.3 Å². The van der Waals surface area contributed by atoms with Crippen molar-refractivity contribution in [2.24, 2.45) is 5.73 Å². The average molecular weight is 370 g/mol. The third-order valence-corrected chi connectivity index (χ3v) is 3.39. The highest BCUT2D eigenvalue weighted by Gasteiger charge is 2.44. The van der Waals surface area contributed by atoms with Gasteiger partial charge in [-0.1, -0.05) is 6.07 Å². The Hall–Kier alpha value is -3.37. The van der Waals surface area contributed by atoms with E-state index in [0.717, 1.165) is 22.9 Å². The van der Waals surface area contributed by atoms with Gasteiger partial charge < -0.3 is 15.5 Å². The lowest BCUT2D eigenvalue weighted by atomic mass is 10.2. The molecule has 0 fully saturated rings. The molecular weight excluding hydrogens is 360 g/mol. The first kappa shape index (κ1) is 17.5. The Bertz CT molecular complexity index is 1040. The van der Waals surface area contributed by atoms with Crippen molar-refractivity contribution >= 4 is 17.1 Å². The second-order valence-electron chi connectivity index (χ2n) is 5.19. The fraction of sp³-hybridized carbons (Fsp3) is 0.133. The van der Waals surface area contributed by atoms with Crippen molar-refractivity contribution in [1.82, 2.24) is 14.5 Å². The number of amides is 1. The Morgan fingerprint density at radius 2 is 2.04 bits per heavy atom. The highest BCUT2D eigenvalue weighted by molar-refractivity contribution is 5.95. The molecule has 0 unspecified atom stereocenters. The van der Waals surface area contributed by atoms with Gasteiger partial charge in [-0.05, 0) is 18.2 Å². The fourth-order valence-corrected chi connectivity index (χ4v) is 2.26. The Morgan fingerprint density at radius 3 is 2.69 bits per heavy atom. The minimum atomic E-state index is -4.68. The Kier molecular flexibility index (Phi) is 4.14. The maximum Gasteiger partial charge on any atom is 0.461 e. The zero-order valence-corrected chi connectivity index (χ0v) is 12.7. The number of primary amides is 1. The van der Waals surface area contributed by atoms with Crippen molar-refractivity contribution in [3.63, 3.8) is 0 Å². The van der Waals surface area contributed by atoms with Gasteiger partial charge in [-0.2, -0.15) is 17.6 Å². The number of nitrogens with one attached hydrogen (secondary N) is 1. The molecule has 11 heteroatoms. The Balaban J connectivity index is 2.07. The van der Waals surface area contributed by atoms with E-state index in [1.54, 1.807) is 0 Å². The molecule has 0 atom stereocenters. The molecule has 136 valence electrons. The summed E-state index contributed by atoms with van der Waals surface area (Å²) in [6.07, 6.45) is -7.56. The number of carbonyl (C=O) groups excluding carboxylic acids is 1. The molecule has 7 nitrogen and oxygen atoms in total. The van der Waals surface area contributed by atoms with E-state index in [2.05, 4.69) is 14.7 Å². The van der Waals surface area contributed by atoms with Crippen LogP contribution < -0.4 is 16.2 Å². The van der Waals surface area contributed by atoms with Crippen LogP contribution in [0.5, 0.6) is 5.75 Å². The third-order valence-electron chi connectivity index (χ3n) is 3.39. The third kappa shape index (κ3) is 3.10. The lowest BCUT2D eigenvalue weighted by Crippen LogP contribution is -2.33. The Labute approximate surface area is 142 Å². The standard InChI is InChI=1S/C15H10F4N4O3/c16-13(17)15(18,19)26-9-3-1-2-8(5-9)23-12-10(22-14(23)25)4-7(6-21-12)11(20)24/h1-6,13H,(H2,20,24)(H,22,25). The summed E-state index contributed by atoms with van der Waals surface area (Å²) in [6.45, 7) is 0. The van der Waals surface area contributed by atoms with E-state index in [-0.39, 0.29) is 22.4 Å². The number of aromatic nitrogens is 3. The smallest absolute Gasteiger partial charge is 0.428 e. The molecule has 1 aromatic carbocycles. The molecule has 0 aliphatic carbocycles. The second kappa shape index (κ2) is 6.17. The number of hydrogen-bond acceptors (Lipinski definition) is 4. The molecule has 3 N–H and O–H groups in total. The van der Waals surface area contributed by atoms with Gasteiger partial charge in [-0.3, -0.25) is 4.79 Å². The zero-order chi connectivity index (χ0) is 19.1. The molecule has 3 rings (SSSR count). The molecule has 2 aromatic heterocycles. The van der Waals surface area contributed by atoms with Crippen LogP contribution in [0.4, 0.5) is 17.6 Å². The van der Waals surface area contributed by atoms with Gasteiger partial charge in [0.05, 0.1) is 16.8 Å². The summed E-state index contributed by atoms with van der Waals surface area (Å²) in [5, 5.41) is 0. The normalized spacial score (nSPS) is 11.9. The van der Waals surface area contributed by atoms with E-state index in [4.69, 9.17) is 5.73 Å². The number of H-pyrrole nitrogens is 1. The van der Waals surface area contributed by atoms with Gasteiger partial charge >= 0.3 is 18.2 Å². The van der Waals surface area contributed by atoms with Crippen molar-refractivity contribution < 1.29 is 27.1 Å². The number of alkyl halides is 4. The lowest BCUT2D eigenvalue weighted by molar-refractivity contribution is -0.253. The number of nitrogens with two attached hydrogens (primary N) is 1. The van der Waals surface area contributed by atoms with Crippen LogP contribution in [0.3, 0.4) is 0 Å². The largest absolute Gasteiger partial charge is 0.461 e. The van der Waals surface area contributed by atoms with E-state index in [1.807, 2.05) is 0 Å². The van der Waals surface area contributed by atoms with Crippen LogP contribution in [0.25, 0.3) is 16.9 Å². The fourth-order valence-electron chi connectivity index (χ4n) is 2.26. The maximum atomic E-state index is 13.1. The molecule has 0 saturated carbocycles. The minimum Gasteiger partial charge on any atom is -0.428 e. The van der Waals surface area contributed by atoms with Crippen LogP contribution in [0, 0.1) is 0 Å². The molecular formula is C15H10F4N4O3. The number of imidazole rings is 1. The van der Waals surface area contributed by atoms with Crippen molar-refractivity contribution in [3.8, 4) is 11.4 Å². The van der Waals surface area contributed by atoms with E-state index >= 15 is 0 Å². The molecule has 0 aliphatic heterocycles. The highest BCUT2D eigenvalue weighted by Crippen LogP contribution is 2.28. The van der Waals surface area contributed by atoms with Gasteiger partial charge in [0.1, 0.15) is 5.75 Å². The quantitative estimate of drug-likeness (QED) is 0.671. The lowest BCUT2D eigenvalue weighted by Gasteiger charge is -2.17. The Morgan fingerprint density at radius 1 is 1.31 bits per heavy atom. The van der Waals surface area contributed by atoms with Gasteiger partial charge in [-0.15, -0.1) is 0 Å². The number of fused-ring (bicyclic) bond motifs is 1. The molecule has 0 radical (unpaired) electrons. The van der Waals surface area contributed by atoms with E-state index < -0.39 is 29.9 Å². The molecule has 26 heavy (non-hydrogen) atoms. The number of aromatic amines is 1. The van der Waals surface area contributed by atoms with Gasteiger partial charge in [0.2, 0.25) is 5.91 Å². The number of halogens is 4. The predicted octanol–water partition coefficient (Wildman–Crippen LogP) is 2.05. The summed E-state index contributed by atoms with van der Waals surface area (Å²) >= 11 is 0. The molecule has 3 aromatic rings. The molecule has 0 aliphatic rings. The number of pyridine rings is 1. The average Bonchev–Trinajstić information content (AvgIpc) is 2.89. The molecule has 2 heterocycles. The topological polar surface area (TPSA) is 103 Å². The first-order valence-corrected chi connectivity index (χ1v) is 7.05. The van der Waals surface area contributed by atoms with E-state index in [0.29, 0.717) is 0 Å². The zero-order valence-electron chi connectivity index (χ0n) is 12.7. The first-order valence-electron chi connectivity index (χ1n) is 7.05. The summed E-state index contributed by atoms with van der Waals surface area (Å²) in [5.74, 6) is -1.32. The molecule has 0 spiro atoms. The summed E-state index contributed by atoms with van der Waals surface area (Å²) in [4.78, 5) is 29.7. The number of hydrogen-bond donors (Lipinski definition) is 2. The maximum absolute atomic E-state index is 13.1. The molecule has 1 amide bonds. The summed E-state index contributed by atoms with van der Waals surface area (Å²) < 4.78 is 55.7. The van der Waals surface area contributed by atoms with Crippen molar-refractivity contribution in [2.75, 3.05) is 0 Å². The van der Waals surface area contributed by atoms with Gasteiger partial charge in [0.15, 0.2) is 5.65 Å². The highest BCUT2D eigenvalue weighted by atomic mass is 19.3. The number of benzene rings is 1. The second-order valence-corrected chi connectivity index (χ2v) is 5.19. The van der Waals surface area contributed by atoms with E-state index in [1.165, 1.54) is 18.2 Å². The summed E-state index contributed by atoms with van der Waals surface area (Å²) in [5.41, 5.74) is 4.81. The van der Waals surface area contributed by atoms with Gasteiger partial charge in [0, 0.05) is 12.3 Å². The first-order chi connectivity index (χ1) is 12.2. The van der Waals surface area contributed by atoms with E-state index in [9.17, 15) is 27.2 Å². The molecule has 0 bridgehead atoms. The monoisotopic (exact) mass is 370 g/mol. The number of nitrogens with zero attached hydrogens (tertiary/aromatic N) is 2. The van der Waals surface area contributed by atoms with Crippen LogP contribution >= 0.6 is 0 Å². The minimum absolute atomic E-state index is 0.0446. The van der Waals surface area contributed by atoms with Gasteiger partial charge in [0.25, 0.3) is 0 Å². The van der Waals surface area contributed by atoms with Crippen molar-refractivity contribution in [2.45, 2.75) is 12.5 Å². The number of ether oxygens (including phenoxy) is 1. The summed E-state index contributed by atoms with van der Waals surface area (Å²) in [6, 6.07) is 5.93. The predicted molar refractivity (Wildman–Crippen MR) is 81.8 cm³/mol. The number of carbonyl (C=O) groups is 1. The van der Waals surface area contributed by atoms with Crippen LogP contribution in [-0.4, -0.2) is 33.0 Å². The SMILES string of the molecule is NC(=O)c1cnc2c(c1)[nH]c(=O)n2-c1cccc(OC(F)(F)C(F)F)c1.